The van der Waals surface area contributed by atoms with Gasteiger partial charge >= 0.3 is 0 Å². The minimum absolute atomic E-state index is 0.0257. The molecule has 1 aromatic heterocycles. The Bertz CT molecular complexity index is 876. The topological polar surface area (TPSA) is 65.5 Å². The van der Waals surface area contributed by atoms with Crippen molar-refractivity contribution in [2.45, 2.75) is 51.6 Å². The van der Waals surface area contributed by atoms with E-state index < -0.39 is 0 Å². The summed E-state index contributed by atoms with van der Waals surface area (Å²) in [4.78, 5) is 34.0. The quantitative estimate of drug-likeness (QED) is 0.774. The molecule has 2 aliphatic rings. The molecule has 0 saturated carbocycles. The van der Waals surface area contributed by atoms with Crippen molar-refractivity contribution in [3.8, 4) is 0 Å². The number of rotatable bonds is 6. The minimum Gasteiger partial charge on any atom is -0.357 e. The minimum atomic E-state index is -0.303. The van der Waals surface area contributed by atoms with Crippen molar-refractivity contribution in [3.05, 3.63) is 59.8 Å². The van der Waals surface area contributed by atoms with Crippen LogP contribution in [0.15, 0.2) is 48.7 Å². The monoisotopic (exact) mass is 420 g/mol. The number of hydrogen-bond donors (Lipinski definition) is 1. The SMILES string of the molecule is C[C@@H](c1ccccc1)N1C[C@H](C(=O)NCc2ccc(N3CCCCCC3)nc2)CC1=O. The van der Waals surface area contributed by atoms with Crippen molar-refractivity contribution in [1.82, 2.24) is 15.2 Å². The maximum Gasteiger partial charge on any atom is 0.225 e. The lowest BCUT2D eigenvalue weighted by Gasteiger charge is -2.25. The molecule has 3 heterocycles. The molecule has 1 aromatic carbocycles. The van der Waals surface area contributed by atoms with Gasteiger partial charge < -0.3 is 15.1 Å². The Labute approximate surface area is 184 Å². The normalized spacial score (nSPS) is 20.4. The first-order valence-corrected chi connectivity index (χ1v) is 11.4. The van der Waals surface area contributed by atoms with Crippen LogP contribution in [0.5, 0.6) is 0 Å². The third-order valence-corrected chi connectivity index (χ3v) is 6.48. The molecule has 0 spiro atoms. The first kappa shape index (κ1) is 21.3. The van der Waals surface area contributed by atoms with Crippen LogP contribution in [0.2, 0.25) is 0 Å². The zero-order chi connectivity index (χ0) is 21.6. The van der Waals surface area contributed by atoms with Gasteiger partial charge in [-0.2, -0.15) is 0 Å². The fraction of sp³-hybridized carbons (Fsp3) is 0.480. The number of nitrogens with zero attached hydrogens (tertiary/aromatic N) is 3. The third-order valence-electron chi connectivity index (χ3n) is 6.48. The number of nitrogens with one attached hydrogen (secondary N) is 1. The molecule has 0 radical (unpaired) electrons. The van der Waals surface area contributed by atoms with Gasteiger partial charge in [-0.15, -0.1) is 0 Å². The Kier molecular flexibility index (Phi) is 6.85. The number of anilines is 1. The molecule has 6 heteroatoms. The van der Waals surface area contributed by atoms with E-state index in [-0.39, 0.29) is 30.2 Å². The predicted octanol–water partition coefficient (Wildman–Crippen LogP) is 3.69. The van der Waals surface area contributed by atoms with Gasteiger partial charge in [-0.05, 0) is 37.0 Å². The first-order chi connectivity index (χ1) is 15.1. The highest BCUT2D eigenvalue weighted by atomic mass is 16.2. The summed E-state index contributed by atoms with van der Waals surface area (Å²) in [6.45, 7) is 5.05. The largest absolute Gasteiger partial charge is 0.357 e. The van der Waals surface area contributed by atoms with Crippen molar-refractivity contribution in [1.29, 1.82) is 0 Å². The number of pyridine rings is 1. The molecule has 0 aliphatic carbocycles. The zero-order valence-corrected chi connectivity index (χ0v) is 18.3. The van der Waals surface area contributed by atoms with E-state index in [9.17, 15) is 9.59 Å². The molecule has 2 aliphatic heterocycles. The maximum absolute atomic E-state index is 12.7. The van der Waals surface area contributed by atoms with Gasteiger partial charge in [0.1, 0.15) is 5.82 Å². The summed E-state index contributed by atoms with van der Waals surface area (Å²) in [5, 5.41) is 3.00. The van der Waals surface area contributed by atoms with Gasteiger partial charge in [0.05, 0.1) is 12.0 Å². The van der Waals surface area contributed by atoms with Crippen molar-refractivity contribution >= 4 is 17.6 Å². The predicted molar refractivity (Wildman–Crippen MR) is 121 cm³/mol. The molecular formula is C25H32N4O2. The molecule has 31 heavy (non-hydrogen) atoms. The van der Waals surface area contributed by atoms with E-state index in [4.69, 9.17) is 0 Å². The highest BCUT2D eigenvalue weighted by molar-refractivity contribution is 5.89. The molecule has 4 rings (SSSR count). The van der Waals surface area contributed by atoms with Gasteiger partial charge in [0.25, 0.3) is 0 Å². The summed E-state index contributed by atoms with van der Waals surface area (Å²) >= 11 is 0. The fourth-order valence-corrected chi connectivity index (χ4v) is 4.53. The smallest absolute Gasteiger partial charge is 0.225 e. The van der Waals surface area contributed by atoms with Crippen molar-refractivity contribution < 1.29 is 9.59 Å². The Hall–Kier alpha value is -2.89. The number of benzene rings is 1. The first-order valence-electron chi connectivity index (χ1n) is 11.4. The van der Waals surface area contributed by atoms with Crippen LogP contribution < -0.4 is 10.2 Å². The lowest BCUT2D eigenvalue weighted by molar-refractivity contribution is -0.130. The lowest BCUT2D eigenvalue weighted by Crippen LogP contribution is -2.33. The van der Waals surface area contributed by atoms with E-state index in [1.54, 1.807) is 0 Å². The standard InChI is InChI=1S/C25H32N4O2/c1-19(21-9-5-4-6-10-21)29-18-22(15-24(29)30)25(31)27-17-20-11-12-23(26-16-20)28-13-7-2-3-8-14-28/h4-6,9-12,16,19,22H,2-3,7-8,13-15,17-18H2,1H3,(H,27,31)/t19-,22+/m0/s1. The van der Waals surface area contributed by atoms with Crippen LogP contribution in [-0.4, -0.2) is 41.3 Å². The second-order valence-corrected chi connectivity index (χ2v) is 8.68. The molecule has 0 bridgehead atoms. The lowest BCUT2D eigenvalue weighted by atomic mass is 10.1. The molecule has 1 N–H and O–H groups in total. The van der Waals surface area contributed by atoms with Gasteiger partial charge in [0, 0.05) is 38.8 Å². The molecular weight excluding hydrogens is 388 g/mol. The van der Waals surface area contributed by atoms with E-state index in [1.807, 2.05) is 54.4 Å². The van der Waals surface area contributed by atoms with Crippen LogP contribution in [0.3, 0.4) is 0 Å². The van der Waals surface area contributed by atoms with Crippen molar-refractivity contribution in [2.75, 3.05) is 24.5 Å². The molecule has 2 aromatic rings. The van der Waals surface area contributed by atoms with Crippen LogP contribution in [0.25, 0.3) is 0 Å². The average Bonchev–Trinajstić information content (AvgIpc) is 3.00. The number of carbonyl (C=O) groups excluding carboxylic acids is 2. The van der Waals surface area contributed by atoms with Gasteiger partial charge in [0.2, 0.25) is 11.8 Å². The van der Waals surface area contributed by atoms with E-state index in [0.29, 0.717) is 13.1 Å². The van der Waals surface area contributed by atoms with E-state index in [1.165, 1.54) is 25.7 Å². The second kappa shape index (κ2) is 9.94. The zero-order valence-electron chi connectivity index (χ0n) is 18.3. The van der Waals surface area contributed by atoms with Gasteiger partial charge in [-0.25, -0.2) is 4.98 Å². The summed E-state index contributed by atoms with van der Waals surface area (Å²) in [6.07, 6.45) is 7.16. The van der Waals surface area contributed by atoms with Crippen LogP contribution in [-0.2, 0) is 16.1 Å². The Morgan fingerprint density at radius 1 is 1.10 bits per heavy atom. The van der Waals surface area contributed by atoms with E-state index in [0.717, 1.165) is 30.0 Å². The Morgan fingerprint density at radius 3 is 2.52 bits per heavy atom. The van der Waals surface area contributed by atoms with E-state index in [2.05, 4.69) is 21.3 Å². The summed E-state index contributed by atoms with van der Waals surface area (Å²) < 4.78 is 0. The summed E-state index contributed by atoms with van der Waals surface area (Å²) in [7, 11) is 0. The highest BCUT2D eigenvalue weighted by Crippen LogP contribution is 2.28. The van der Waals surface area contributed by atoms with Crippen molar-refractivity contribution in [2.24, 2.45) is 5.92 Å². The third kappa shape index (κ3) is 5.24. The van der Waals surface area contributed by atoms with Crippen LogP contribution in [0, 0.1) is 5.92 Å². The number of aromatic nitrogens is 1. The number of hydrogen-bond acceptors (Lipinski definition) is 4. The average molecular weight is 421 g/mol. The molecule has 2 saturated heterocycles. The molecule has 6 nitrogen and oxygen atoms in total. The molecule has 2 fully saturated rings. The summed E-state index contributed by atoms with van der Waals surface area (Å²) in [5.74, 6) is 0.694. The molecule has 0 unspecified atom stereocenters. The van der Waals surface area contributed by atoms with Crippen molar-refractivity contribution in [3.63, 3.8) is 0 Å². The second-order valence-electron chi connectivity index (χ2n) is 8.68. The molecule has 2 amide bonds. The summed E-state index contributed by atoms with van der Waals surface area (Å²) in [5.41, 5.74) is 2.07. The Balaban J connectivity index is 1.29. The number of carbonyl (C=O) groups is 2. The van der Waals surface area contributed by atoms with E-state index >= 15 is 0 Å². The fourth-order valence-electron chi connectivity index (χ4n) is 4.53. The van der Waals surface area contributed by atoms with Gasteiger partial charge in [-0.1, -0.05) is 49.2 Å². The highest BCUT2D eigenvalue weighted by Gasteiger charge is 2.36. The Morgan fingerprint density at radius 2 is 1.84 bits per heavy atom. The number of likely N-dealkylation sites (tertiary alicyclic amines) is 1. The molecule has 2 atom stereocenters. The maximum atomic E-state index is 12.7. The summed E-state index contributed by atoms with van der Waals surface area (Å²) in [6, 6.07) is 14.0. The number of amides is 2. The van der Waals surface area contributed by atoms with Gasteiger partial charge in [0.15, 0.2) is 0 Å². The van der Waals surface area contributed by atoms with Crippen LogP contribution in [0.1, 0.15) is 56.2 Å². The van der Waals surface area contributed by atoms with Crippen LogP contribution >= 0.6 is 0 Å². The van der Waals surface area contributed by atoms with Gasteiger partial charge in [-0.3, -0.25) is 9.59 Å². The molecule has 164 valence electrons. The van der Waals surface area contributed by atoms with Crippen LogP contribution in [0.4, 0.5) is 5.82 Å².